The van der Waals surface area contributed by atoms with E-state index in [0.29, 0.717) is 5.92 Å². The maximum atomic E-state index is 5.80. The predicted octanol–water partition coefficient (Wildman–Crippen LogP) is 2.10. The monoisotopic (exact) mass is 257 g/mol. The van der Waals surface area contributed by atoms with Crippen molar-refractivity contribution in [2.45, 2.75) is 31.6 Å². The number of hydrogen-bond donors (Lipinski definition) is 1. The number of nitrogens with one attached hydrogen (secondary N) is 1. The van der Waals surface area contributed by atoms with Crippen LogP contribution in [-0.4, -0.2) is 23.8 Å². The fourth-order valence-electron chi connectivity index (χ4n) is 2.68. The molecule has 0 bridgehead atoms. The molecule has 1 aliphatic carbocycles. The minimum Gasteiger partial charge on any atom is -0.425 e. The molecular weight excluding hydrogens is 238 g/mol. The van der Waals surface area contributed by atoms with Crippen LogP contribution < -0.4 is 5.32 Å². The van der Waals surface area contributed by atoms with E-state index < -0.39 is 0 Å². The number of aryl methyl sites for hydroxylation is 1. The van der Waals surface area contributed by atoms with Crippen molar-refractivity contribution in [2.75, 3.05) is 13.6 Å². The summed E-state index contributed by atoms with van der Waals surface area (Å²) >= 11 is 0. The fourth-order valence-corrected chi connectivity index (χ4v) is 2.68. The van der Waals surface area contributed by atoms with E-state index in [-0.39, 0.29) is 0 Å². The molecule has 0 radical (unpaired) electrons. The van der Waals surface area contributed by atoms with E-state index in [1.807, 2.05) is 7.05 Å². The maximum absolute atomic E-state index is 5.80. The fraction of sp³-hybridized carbons (Fsp3) is 0.467. The Balaban J connectivity index is 1.65. The Morgan fingerprint density at radius 3 is 2.63 bits per heavy atom. The molecule has 0 unspecified atom stereocenters. The Labute approximate surface area is 113 Å². The summed E-state index contributed by atoms with van der Waals surface area (Å²) in [5.41, 5.74) is 2.84. The lowest BCUT2D eigenvalue weighted by atomic mass is 10.1. The smallest absolute Gasteiger partial charge is 0.220 e. The van der Waals surface area contributed by atoms with Crippen LogP contribution in [0.2, 0.25) is 0 Å². The van der Waals surface area contributed by atoms with Crippen molar-refractivity contribution in [1.29, 1.82) is 0 Å². The SMILES string of the molecule is CNCCCc1nnc(C2Cc3ccccc3C2)o1. The highest BCUT2D eigenvalue weighted by Crippen LogP contribution is 2.33. The Bertz CT molecular complexity index is 525. The summed E-state index contributed by atoms with van der Waals surface area (Å²) in [5, 5.41) is 11.5. The zero-order valence-corrected chi connectivity index (χ0v) is 11.2. The summed E-state index contributed by atoms with van der Waals surface area (Å²) < 4.78 is 5.80. The lowest BCUT2D eigenvalue weighted by Gasteiger charge is -2.01. The van der Waals surface area contributed by atoms with E-state index in [1.54, 1.807) is 0 Å². The third kappa shape index (κ3) is 2.68. The van der Waals surface area contributed by atoms with Crippen molar-refractivity contribution in [3.8, 4) is 0 Å². The minimum atomic E-state index is 0.364. The number of hydrogen-bond acceptors (Lipinski definition) is 4. The topological polar surface area (TPSA) is 51.0 Å². The normalized spacial score (nSPS) is 14.8. The predicted molar refractivity (Wildman–Crippen MR) is 73.1 cm³/mol. The molecule has 1 heterocycles. The highest BCUT2D eigenvalue weighted by molar-refractivity contribution is 5.34. The largest absolute Gasteiger partial charge is 0.425 e. The molecule has 100 valence electrons. The number of benzene rings is 1. The van der Waals surface area contributed by atoms with Crippen LogP contribution >= 0.6 is 0 Å². The summed E-state index contributed by atoms with van der Waals surface area (Å²) in [6, 6.07) is 8.58. The molecule has 0 fully saturated rings. The van der Waals surface area contributed by atoms with Crippen molar-refractivity contribution >= 4 is 0 Å². The molecule has 0 atom stereocenters. The first-order chi connectivity index (χ1) is 9.36. The summed E-state index contributed by atoms with van der Waals surface area (Å²) in [4.78, 5) is 0. The van der Waals surface area contributed by atoms with Crippen LogP contribution in [0.15, 0.2) is 28.7 Å². The molecule has 1 aromatic carbocycles. The molecule has 4 heteroatoms. The van der Waals surface area contributed by atoms with Crippen molar-refractivity contribution in [3.05, 3.63) is 47.2 Å². The van der Waals surface area contributed by atoms with Gasteiger partial charge in [0.15, 0.2) is 0 Å². The molecule has 0 amide bonds. The third-order valence-electron chi connectivity index (χ3n) is 3.70. The van der Waals surface area contributed by atoms with Gasteiger partial charge in [0.2, 0.25) is 11.8 Å². The van der Waals surface area contributed by atoms with Gasteiger partial charge in [0.05, 0.1) is 0 Å². The summed E-state index contributed by atoms with van der Waals surface area (Å²) in [6.07, 6.45) is 3.93. The van der Waals surface area contributed by atoms with Gasteiger partial charge >= 0.3 is 0 Å². The van der Waals surface area contributed by atoms with E-state index in [0.717, 1.165) is 44.0 Å². The summed E-state index contributed by atoms with van der Waals surface area (Å²) in [7, 11) is 1.95. The van der Waals surface area contributed by atoms with Gasteiger partial charge in [-0.2, -0.15) is 0 Å². The van der Waals surface area contributed by atoms with Crippen molar-refractivity contribution in [2.24, 2.45) is 0 Å². The quantitative estimate of drug-likeness (QED) is 0.833. The zero-order chi connectivity index (χ0) is 13.1. The number of aromatic nitrogens is 2. The van der Waals surface area contributed by atoms with Gasteiger partial charge < -0.3 is 9.73 Å². The average molecular weight is 257 g/mol. The van der Waals surface area contributed by atoms with Crippen LogP contribution in [0, 0.1) is 0 Å². The third-order valence-corrected chi connectivity index (χ3v) is 3.70. The second-order valence-corrected chi connectivity index (χ2v) is 5.12. The second-order valence-electron chi connectivity index (χ2n) is 5.12. The molecule has 1 aliphatic rings. The molecule has 3 rings (SSSR count). The van der Waals surface area contributed by atoms with Crippen LogP contribution in [0.3, 0.4) is 0 Å². The Hall–Kier alpha value is -1.68. The van der Waals surface area contributed by atoms with E-state index in [1.165, 1.54) is 11.1 Å². The Kier molecular flexibility index (Phi) is 3.60. The van der Waals surface area contributed by atoms with Gasteiger partial charge in [-0.15, -0.1) is 10.2 Å². The molecule has 0 aliphatic heterocycles. The Morgan fingerprint density at radius 1 is 1.21 bits per heavy atom. The number of fused-ring (bicyclic) bond motifs is 1. The molecule has 1 aromatic heterocycles. The van der Waals surface area contributed by atoms with Crippen molar-refractivity contribution in [1.82, 2.24) is 15.5 Å². The van der Waals surface area contributed by atoms with Gasteiger partial charge in [-0.3, -0.25) is 0 Å². The molecule has 1 N–H and O–H groups in total. The lowest BCUT2D eigenvalue weighted by Crippen LogP contribution is -2.08. The summed E-state index contributed by atoms with van der Waals surface area (Å²) in [5.74, 6) is 1.93. The van der Waals surface area contributed by atoms with E-state index >= 15 is 0 Å². The van der Waals surface area contributed by atoms with Crippen LogP contribution in [0.1, 0.15) is 35.2 Å². The minimum absolute atomic E-state index is 0.364. The Morgan fingerprint density at radius 2 is 1.95 bits per heavy atom. The van der Waals surface area contributed by atoms with Gasteiger partial charge in [-0.25, -0.2) is 0 Å². The van der Waals surface area contributed by atoms with Gasteiger partial charge in [-0.1, -0.05) is 24.3 Å². The molecule has 0 saturated carbocycles. The van der Waals surface area contributed by atoms with Crippen molar-refractivity contribution < 1.29 is 4.42 Å². The molecule has 19 heavy (non-hydrogen) atoms. The molecule has 0 saturated heterocycles. The van der Waals surface area contributed by atoms with Crippen LogP contribution in [0.4, 0.5) is 0 Å². The highest BCUT2D eigenvalue weighted by atomic mass is 16.4. The molecule has 4 nitrogen and oxygen atoms in total. The van der Waals surface area contributed by atoms with E-state index in [2.05, 4.69) is 39.8 Å². The number of rotatable bonds is 5. The first kappa shape index (κ1) is 12.4. The van der Waals surface area contributed by atoms with Crippen LogP contribution in [0.5, 0.6) is 0 Å². The van der Waals surface area contributed by atoms with Gasteiger partial charge in [-0.05, 0) is 44.0 Å². The maximum Gasteiger partial charge on any atom is 0.220 e. The number of nitrogens with zero attached hydrogens (tertiary/aromatic N) is 2. The van der Waals surface area contributed by atoms with Crippen LogP contribution in [-0.2, 0) is 19.3 Å². The molecule has 0 spiro atoms. The standard InChI is InChI=1S/C15H19N3O/c1-16-8-4-7-14-17-18-15(19-14)13-9-11-5-2-3-6-12(11)10-13/h2-3,5-6,13,16H,4,7-10H2,1H3. The highest BCUT2D eigenvalue weighted by Gasteiger charge is 2.26. The van der Waals surface area contributed by atoms with Crippen LogP contribution in [0.25, 0.3) is 0 Å². The average Bonchev–Trinajstić information content (AvgIpc) is 3.04. The van der Waals surface area contributed by atoms with Gasteiger partial charge in [0.25, 0.3) is 0 Å². The molecule has 2 aromatic rings. The van der Waals surface area contributed by atoms with E-state index in [9.17, 15) is 0 Å². The summed E-state index contributed by atoms with van der Waals surface area (Å²) in [6.45, 7) is 0.979. The first-order valence-electron chi connectivity index (χ1n) is 6.90. The van der Waals surface area contributed by atoms with Gasteiger partial charge in [0.1, 0.15) is 0 Å². The van der Waals surface area contributed by atoms with Gasteiger partial charge in [0, 0.05) is 12.3 Å². The van der Waals surface area contributed by atoms with E-state index in [4.69, 9.17) is 4.42 Å². The second kappa shape index (κ2) is 5.53. The van der Waals surface area contributed by atoms with Crippen molar-refractivity contribution in [3.63, 3.8) is 0 Å². The first-order valence-corrected chi connectivity index (χ1v) is 6.90. The lowest BCUT2D eigenvalue weighted by molar-refractivity contribution is 0.414. The zero-order valence-electron chi connectivity index (χ0n) is 11.2. The molecular formula is C15H19N3O.